The molecular weight excluding hydrogens is 557 g/mol. The normalized spacial score (nSPS) is 14.7. The fourth-order valence-electron chi connectivity index (χ4n) is 4.84. The number of nitrogens with one attached hydrogen (secondary N) is 1. The Labute approximate surface area is 232 Å². The smallest absolute Gasteiger partial charge is 0.383 e. The minimum Gasteiger partial charge on any atom is -0.383 e. The lowest BCUT2D eigenvalue weighted by molar-refractivity contribution is -0.141. The summed E-state index contributed by atoms with van der Waals surface area (Å²) in [6.07, 6.45) is -3.27. The van der Waals surface area contributed by atoms with Gasteiger partial charge in [-0.2, -0.15) is 22.6 Å². The summed E-state index contributed by atoms with van der Waals surface area (Å²) in [5.74, 6) is -0.646. The number of carbonyl (C=O) groups excluding carboxylic acids is 1. The van der Waals surface area contributed by atoms with Crippen LogP contribution in [0.2, 0.25) is 0 Å². The number of benzene rings is 3. The lowest BCUT2D eigenvalue weighted by Gasteiger charge is -2.12. The molecule has 208 valence electrons. The molecule has 2 aromatic heterocycles. The minimum absolute atomic E-state index is 0.183. The summed E-state index contributed by atoms with van der Waals surface area (Å²) in [7, 11) is -2.13. The number of nitrogens with zero attached hydrogens (tertiary/aromatic N) is 4. The van der Waals surface area contributed by atoms with E-state index >= 15 is 0 Å². The molecule has 6 rings (SSSR count). The Balaban J connectivity index is 1.33. The first-order valence-electron chi connectivity index (χ1n) is 12.3. The van der Waals surface area contributed by atoms with Gasteiger partial charge in [-0.25, -0.2) is 18.1 Å². The summed E-state index contributed by atoms with van der Waals surface area (Å²) < 4.78 is 68.6. The average Bonchev–Trinajstić information content (AvgIpc) is 3.49. The van der Waals surface area contributed by atoms with Crippen LogP contribution in [0.25, 0.3) is 27.6 Å². The molecule has 5 aromatic rings. The summed E-state index contributed by atoms with van der Waals surface area (Å²) in [5.41, 5.74) is 6.65. The Bertz CT molecular complexity index is 1950. The van der Waals surface area contributed by atoms with E-state index in [0.717, 1.165) is 10.1 Å². The number of alkyl halides is 3. The van der Waals surface area contributed by atoms with Gasteiger partial charge in [0.25, 0.3) is 5.91 Å². The van der Waals surface area contributed by atoms with Gasteiger partial charge < -0.3 is 11.1 Å². The maximum absolute atomic E-state index is 13.6. The SMILES string of the molecule is CN1Cc2cccc(-c3ccc(NC(=O)c4cc(C(F)(F)F)nn4-c4ccc5ccnc(N)c5c4)cc3)c2S1(=O)=O. The fraction of sp³-hybridized carbons (Fsp3) is 0.107. The highest BCUT2D eigenvalue weighted by molar-refractivity contribution is 7.89. The monoisotopic (exact) mass is 578 g/mol. The molecule has 3 aromatic carbocycles. The van der Waals surface area contributed by atoms with Crippen LogP contribution < -0.4 is 11.1 Å². The van der Waals surface area contributed by atoms with Crippen molar-refractivity contribution in [2.75, 3.05) is 18.1 Å². The van der Waals surface area contributed by atoms with Gasteiger partial charge in [-0.05, 0) is 46.8 Å². The van der Waals surface area contributed by atoms with Gasteiger partial charge in [0, 0.05) is 42.5 Å². The minimum atomic E-state index is -4.79. The van der Waals surface area contributed by atoms with Crippen molar-refractivity contribution >= 4 is 38.2 Å². The Morgan fingerprint density at radius 3 is 2.51 bits per heavy atom. The van der Waals surface area contributed by atoms with E-state index in [9.17, 15) is 26.4 Å². The first kappa shape index (κ1) is 26.5. The highest BCUT2D eigenvalue weighted by Gasteiger charge is 2.36. The van der Waals surface area contributed by atoms with E-state index in [0.29, 0.717) is 33.8 Å². The first-order valence-corrected chi connectivity index (χ1v) is 13.7. The Morgan fingerprint density at radius 2 is 1.78 bits per heavy atom. The summed E-state index contributed by atoms with van der Waals surface area (Å²) in [6, 6.07) is 18.7. The second-order valence-corrected chi connectivity index (χ2v) is 11.5. The van der Waals surface area contributed by atoms with E-state index in [1.807, 2.05) is 0 Å². The van der Waals surface area contributed by atoms with Crippen molar-refractivity contribution in [2.45, 2.75) is 17.6 Å². The predicted molar refractivity (Wildman–Crippen MR) is 147 cm³/mol. The number of halogens is 3. The highest BCUT2D eigenvalue weighted by atomic mass is 32.2. The van der Waals surface area contributed by atoms with E-state index in [2.05, 4.69) is 15.4 Å². The van der Waals surface area contributed by atoms with Crippen LogP contribution in [0.3, 0.4) is 0 Å². The van der Waals surface area contributed by atoms with Crippen molar-refractivity contribution in [3.63, 3.8) is 0 Å². The van der Waals surface area contributed by atoms with Crippen LogP contribution in [-0.4, -0.2) is 40.4 Å². The predicted octanol–water partition coefficient (Wildman–Crippen LogP) is 5.07. The van der Waals surface area contributed by atoms with Crippen LogP contribution in [0.15, 0.2) is 83.9 Å². The number of rotatable bonds is 4. The Morgan fingerprint density at radius 1 is 1.02 bits per heavy atom. The number of sulfonamides is 1. The number of hydrogen-bond acceptors (Lipinski definition) is 6. The van der Waals surface area contributed by atoms with Gasteiger partial charge >= 0.3 is 6.18 Å². The van der Waals surface area contributed by atoms with Gasteiger partial charge in [-0.3, -0.25) is 4.79 Å². The third kappa shape index (κ3) is 4.58. The molecule has 1 aliphatic rings. The number of hydrogen-bond donors (Lipinski definition) is 2. The van der Waals surface area contributed by atoms with E-state index in [1.54, 1.807) is 54.6 Å². The van der Waals surface area contributed by atoms with Crippen LogP contribution in [-0.2, 0) is 22.7 Å². The van der Waals surface area contributed by atoms with Gasteiger partial charge in [0.1, 0.15) is 11.5 Å². The molecular formula is C28H21F3N6O3S. The van der Waals surface area contributed by atoms with Gasteiger partial charge in [0.15, 0.2) is 5.69 Å². The molecule has 1 aliphatic heterocycles. The second-order valence-electron chi connectivity index (χ2n) is 9.51. The summed E-state index contributed by atoms with van der Waals surface area (Å²) >= 11 is 0. The van der Waals surface area contributed by atoms with Crippen LogP contribution >= 0.6 is 0 Å². The summed E-state index contributed by atoms with van der Waals surface area (Å²) in [5, 5.41) is 7.49. The molecule has 0 unspecified atom stereocenters. The molecule has 0 spiro atoms. The van der Waals surface area contributed by atoms with Gasteiger partial charge in [0.05, 0.1) is 10.6 Å². The molecule has 3 N–H and O–H groups in total. The number of amides is 1. The van der Waals surface area contributed by atoms with Crippen molar-refractivity contribution < 1.29 is 26.4 Å². The van der Waals surface area contributed by atoms with Crippen LogP contribution in [0.1, 0.15) is 21.7 Å². The average molecular weight is 579 g/mol. The number of fused-ring (bicyclic) bond motifs is 2. The number of carbonyl (C=O) groups is 1. The number of nitrogens with two attached hydrogens (primary N) is 1. The van der Waals surface area contributed by atoms with Gasteiger partial charge in [-0.1, -0.05) is 36.4 Å². The summed E-state index contributed by atoms with van der Waals surface area (Å²) in [6.45, 7) is 0.271. The van der Waals surface area contributed by atoms with E-state index in [1.165, 1.54) is 29.7 Å². The molecule has 41 heavy (non-hydrogen) atoms. The molecule has 0 atom stereocenters. The lowest BCUT2D eigenvalue weighted by Crippen LogP contribution is -2.18. The molecule has 9 nitrogen and oxygen atoms in total. The molecule has 0 saturated heterocycles. The number of anilines is 2. The number of nitrogen functional groups attached to an aromatic ring is 1. The standard InChI is InChI=1S/C28H21F3N6O3S/c1-36-15-18-3-2-4-21(25(18)41(36,39)40)16-5-8-19(9-6-16)34-27(38)23-14-24(28(29,30)31)35-37(23)20-10-7-17-11-12-33-26(32)22(17)13-20/h2-14H,15H2,1H3,(H2,32,33)(H,34,38). The zero-order chi connectivity index (χ0) is 29.1. The highest BCUT2D eigenvalue weighted by Crippen LogP contribution is 2.38. The maximum Gasteiger partial charge on any atom is 0.435 e. The van der Waals surface area contributed by atoms with Crippen molar-refractivity contribution in [3.8, 4) is 16.8 Å². The van der Waals surface area contributed by atoms with Crippen molar-refractivity contribution in [2.24, 2.45) is 0 Å². The molecule has 0 bridgehead atoms. The number of aromatic nitrogens is 3. The Hall–Kier alpha value is -4.75. The van der Waals surface area contributed by atoms with E-state index < -0.39 is 27.8 Å². The van der Waals surface area contributed by atoms with Crippen LogP contribution in [0.5, 0.6) is 0 Å². The third-order valence-corrected chi connectivity index (χ3v) is 8.82. The molecule has 13 heteroatoms. The quantitative estimate of drug-likeness (QED) is 0.307. The van der Waals surface area contributed by atoms with Gasteiger partial charge in [0.2, 0.25) is 10.0 Å². The maximum atomic E-state index is 13.6. The Kier molecular flexibility index (Phi) is 6.08. The number of pyridine rings is 1. The molecule has 0 fully saturated rings. The van der Waals surface area contributed by atoms with Crippen molar-refractivity contribution in [3.05, 3.63) is 95.9 Å². The van der Waals surface area contributed by atoms with E-state index in [-0.39, 0.29) is 28.6 Å². The van der Waals surface area contributed by atoms with Crippen LogP contribution in [0, 0.1) is 0 Å². The molecule has 0 saturated carbocycles. The molecule has 0 radical (unpaired) electrons. The zero-order valence-corrected chi connectivity index (χ0v) is 22.2. The third-order valence-electron chi connectivity index (χ3n) is 6.87. The topological polar surface area (TPSA) is 123 Å². The molecule has 1 amide bonds. The second kappa shape index (κ2) is 9.42. The van der Waals surface area contributed by atoms with Crippen molar-refractivity contribution in [1.29, 1.82) is 0 Å². The molecule has 0 aliphatic carbocycles. The largest absolute Gasteiger partial charge is 0.435 e. The zero-order valence-electron chi connectivity index (χ0n) is 21.3. The van der Waals surface area contributed by atoms with Crippen molar-refractivity contribution in [1.82, 2.24) is 19.1 Å². The fourth-order valence-corrected chi connectivity index (χ4v) is 6.39. The molecule has 3 heterocycles. The first-order chi connectivity index (χ1) is 19.4. The van der Waals surface area contributed by atoms with E-state index in [4.69, 9.17) is 5.73 Å². The lowest BCUT2D eigenvalue weighted by atomic mass is 10.0. The van der Waals surface area contributed by atoms with Crippen LogP contribution in [0.4, 0.5) is 24.7 Å². The van der Waals surface area contributed by atoms with Gasteiger partial charge in [-0.15, -0.1) is 0 Å². The summed E-state index contributed by atoms with van der Waals surface area (Å²) in [4.78, 5) is 17.5.